The Morgan fingerprint density at radius 2 is 1.29 bits per heavy atom. The summed E-state index contributed by atoms with van der Waals surface area (Å²) in [6.45, 7) is 9.54. The summed E-state index contributed by atoms with van der Waals surface area (Å²) < 4.78 is 0. The van der Waals surface area contributed by atoms with Crippen LogP contribution in [0.25, 0.3) is 0 Å². The van der Waals surface area contributed by atoms with Crippen molar-refractivity contribution in [3.63, 3.8) is 0 Å². The lowest BCUT2D eigenvalue weighted by molar-refractivity contribution is 0.154. The Kier molecular flexibility index (Phi) is 4.19. The molecule has 4 nitrogen and oxygen atoms in total. The Hall–Kier alpha value is -0.160. The average molecular weight is 198 g/mol. The van der Waals surface area contributed by atoms with Gasteiger partial charge in [-0.3, -0.25) is 9.80 Å². The number of nitrogens with zero attached hydrogens (tertiary/aromatic N) is 2. The number of nitrogens with one attached hydrogen (secondary N) is 2. The van der Waals surface area contributed by atoms with Crippen LogP contribution in [-0.2, 0) is 0 Å². The zero-order chi connectivity index (χ0) is 9.64. The monoisotopic (exact) mass is 198 g/mol. The Bertz CT molecular complexity index is 132. The molecule has 2 N–H and O–H groups in total. The van der Waals surface area contributed by atoms with Gasteiger partial charge >= 0.3 is 0 Å². The molecule has 0 bridgehead atoms. The van der Waals surface area contributed by atoms with Crippen molar-refractivity contribution in [1.82, 2.24) is 20.4 Å². The van der Waals surface area contributed by atoms with Crippen LogP contribution in [0.2, 0.25) is 0 Å². The van der Waals surface area contributed by atoms with Gasteiger partial charge in [0, 0.05) is 39.5 Å². The third-order valence-corrected chi connectivity index (χ3v) is 3.06. The maximum atomic E-state index is 3.41. The van der Waals surface area contributed by atoms with E-state index in [-0.39, 0.29) is 0 Å². The SMILES string of the molecule is C1CNCN(CCN2CCCNC2)C1. The molecule has 0 aromatic carbocycles. The molecule has 0 unspecified atom stereocenters. The molecular formula is C10H22N4. The van der Waals surface area contributed by atoms with Crippen molar-refractivity contribution in [2.75, 3.05) is 52.6 Å². The Morgan fingerprint density at radius 1 is 0.786 bits per heavy atom. The van der Waals surface area contributed by atoms with Crippen molar-refractivity contribution in [3.8, 4) is 0 Å². The quantitative estimate of drug-likeness (QED) is 0.639. The molecule has 2 aliphatic rings. The zero-order valence-corrected chi connectivity index (χ0v) is 8.97. The van der Waals surface area contributed by atoms with E-state index in [0.29, 0.717) is 0 Å². The van der Waals surface area contributed by atoms with Gasteiger partial charge in [-0.15, -0.1) is 0 Å². The minimum absolute atomic E-state index is 1.08. The van der Waals surface area contributed by atoms with Crippen LogP contribution in [0, 0.1) is 0 Å². The van der Waals surface area contributed by atoms with Crippen LogP contribution in [0.5, 0.6) is 0 Å². The van der Waals surface area contributed by atoms with E-state index in [1.807, 2.05) is 0 Å². The minimum atomic E-state index is 1.08. The molecule has 2 saturated heterocycles. The number of hydrogen-bond donors (Lipinski definition) is 2. The van der Waals surface area contributed by atoms with Gasteiger partial charge in [0.05, 0.1) is 0 Å². The van der Waals surface area contributed by atoms with Crippen molar-refractivity contribution in [2.24, 2.45) is 0 Å². The van der Waals surface area contributed by atoms with Crippen LogP contribution in [0.1, 0.15) is 12.8 Å². The van der Waals surface area contributed by atoms with Crippen LogP contribution in [0.15, 0.2) is 0 Å². The van der Waals surface area contributed by atoms with Gasteiger partial charge in [0.2, 0.25) is 0 Å². The lowest BCUT2D eigenvalue weighted by Gasteiger charge is -2.32. The molecule has 0 amide bonds. The van der Waals surface area contributed by atoms with Gasteiger partial charge in [0.25, 0.3) is 0 Å². The van der Waals surface area contributed by atoms with E-state index in [4.69, 9.17) is 0 Å². The number of rotatable bonds is 3. The van der Waals surface area contributed by atoms with Crippen molar-refractivity contribution < 1.29 is 0 Å². The molecule has 0 aromatic rings. The molecule has 2 rings (SSSR count). The summed E-state index contributed by atoms with van der Waals surface area (Å²) in [6, 6.07) is 0. The fraction of sp³-hybridized carbons (Fsp3) is 1.00. The molecule has 2 aliphatic heterocycles. The Labute approximate surface area is 86.6 Å². The first-order chi connectivity index (χ1) is 6.95. The highest BCUT2D eigenvalue weighted by Gasteiger charge is 2.12. The molecule has 0 radical (unpaired) electrons. The van der Waals surface area contributed by atoms with Crippen LogP contribution in [0.3, 0.4) is 0 Å². The van der Waals surface area contributed by atoms with E-state index in [2.05, 4.69) is 20.4 Å². The predicted molar refractivity (Wildman–Crippen MR) is 58.1 cm³/mol. The zero-order valence-electron chi connectivity index (χ0n) is 8.97. The van der Waals surface area contributed by atoms with Gasteiger partial charge in [-0.2, -0.15) is 0 Å². The molecule has 0 atom stereocenters. The van der Waals surface area contributed by atoms with Crippen LogP contribution >= 0.6 is 0 Å². The molecule has 4 heteroatoms. The van der Waals surface area contributed by atoms with E-state index in [0.717, 1.165) is 13.3 Å². The van der Waals surface area contributed by atoms with E-state index >= 15 is 0 Å². The second-order valence-corrected chi connectivity index (χ2v) is 4.26. The van der Waals surface area contributed by atoms with Crippen LogP contribution in [-0.4, -0.2) is 62.4 Å². The van der Waals surface area contributed by atoms with Crippen molar-refractivity contribution in [3.05, 3.63) is 0 Å². The van der Waals surface area contributed by atoms with Gasteiger partial charge in [-0.1, -0.05) is 0 Å². The smallest absolute Gasteiger partial charge is 0.0481 e. The van der Waals surface area contributed by atoms with Crippen LogP contribution in [0.4, 0.5) is 0 Å². The largest absolute Gasteiger partial charge is 0.304 e. The summed E-state index contributed by atoms with van der Waals surface area (Å²) >= 11 is 0. The van der Waals surface area contributed by atoms with E-state index in [1.54, 1.807) is 0 Å². The standard InChI is InChI=1S/C10H22N4/c1-3-11-9-13(5-1)7-8-14-6-2-4-12-10-14/h11-12H,1-10H2. The molecule has 14 heavy (non-hydrogen) atoms. The lowest BCUT2D eigenvalue weighted by atomic mass is 10.3. The molecule has 0 saturated carbocycles. The summed E-state index contributed by atoms with van der Waals surface area (Å²) in [7, 11) is 0. The fourth-order valence-corrected chi connectivity index (χ4v) is 2.15. The molecule has 2 fully saturated rings. The van der Waals surface area contributed by atoms with E-state index < -0.39 is 0 Å². The van der Waals surface area contributed by atoms with Crippen molar-refractivity contribution in [2.45, 2.75) is 12.8 Å². The summed E-state index contributed by atoms with van der Waals surface area (Å²) in [4.78, 5) is 5.02. The third-order valence-electron chi connectivity index (χ3n) is 3.06. The van der Waals surface area contributed by atoms with Gasteiger partial charge in [0.1, 0.15) is 0 Å². The average Bonchev–Trinajstić information content (AvgIpc) is 2.29. The highest BCUT2D eigenvalue weighted by molar-refractivity contribution is 4.69. The molecule has 82 valence electrons. The summed E-state index contributed by atoms with van der Waals surface area (Å²) in [5, 5.41) is 6.83. The second kappa shape index (κ2) is 5.66. The van der Waals surface area contributed by atoms with Gasteiger partial charge in [-0.25, -0.2) is 0 Å². The lowest BCUT2D eigenvalue weighted by Crippen LogP contribution is -2.48. The first-order valence-electron chi connectivity index (χ1n) is 5.81. The fourth-order valence-electron chi connectivity index (χ4n) is 2.15. The van der Waals surface area contributed by atoms with Crippen LogP contribution < -0.4 is 10.6 Å². The molecule has 0 aliphatic carbocycles. The van der Waals surface area contributed by atoms with Gasteiger partial charge < -0.3 is 10.6 Å². The molecule has 2 heterocycles. The first-order valence-corrected chi connectivity index (χ1v) is 5.81. The normalized spacial score (nSPS) is 26.6. The number of hydrogen-bond acceptors (Lipinski definition) is 4. The van der Waals surface area contributed by atoms with E-state index in [1.165, 1.54) is 52.1 Å². The van der Waals surface area contributed by atoms with E-state index in [9.17, 15) is 0 Å². The maximum Gasteiger partial charge on any atom is 0.0481 e. The Balaban J connectivity index is 1.60. The Morgan fingerprint density at radius 3 is 1.64 bits per heavy atom. The minimum Gasteiger partial charge on any atom is -0.304 e. The summed E-state index contributed by atoms with van der Waals surface area (Å²) in [5.41, 5.74) is 0. The molecule has 0 aromatic heterocycles. The van der Waals surface area contributed by atoms with Gasteiger partial charge in [-0.05, 0) is 25.9 Å². The highest BCUT2D eigenvalue weighted by atomic mass is 15.3. The topological polar surface area (TPSA) is 30.5 Å². The second-order valence-electron chi connectivity index (χ2n) is 4.26. The maximum absolute atomic E-state index is 3.41. The highest BCUT2D eigenvalue weighted by Crippen LogP contribution is 1.99. The summed E-state index contributed by atoms with van der Waals surface area (Å²) in [5.74, 6) is 0. The van der Waals surface area contributed by atoms with Crippen molar-refractivity contribution in [1.29, 1.82) is 0 Å². The first kappa shape index (κ1) is 10.4. The van der Waals surface area contributed by atoms with Crippen molar-refractivity contribution >= 4 is 0 Å². The molecule has 0 spiro atoms. The van der Waals surface area contributed by atoms with Gasteiger partial charge in [0.15, 0.2) is 0 Å². The third kappa shape index (κ3) is 3.20. The summed E-state index contributed by atoms with van der Waals surface area (Å²) in [6.07, 6.45) is 2.61. The molecular weight excluding hydrogens is 176 g/mol. The predicted octanol–water partition coefficient (Wildman–Crippen LogP) is -0.508.